The smallest absolute Gasteiger partial charge is 0.311 e. The molecule has 0 aromatic heterocycles. The van der Waals surface area contributed by atoms with Crippen LogP contribution in [0.5, 0.6) is 5.75 Å². The number of halogens is 5. The van der Waals surface area contributed by atoms with Gasteiger partial charge in [-0.3, -0.25) is 9.59 Å². The monoisotopic (exact) mass is 498 g/mol. The number of aliphatic hydroxyl groups excluding tert-OH is 2. The summed E-state index contributed by atoms with van der Waals surface area (Å²) in [5.41, 5.74) is 0. The van der Waals surface area contributed by atoms with Gasteiger partial charge < -0.3 is 24.4 Å². The van der Waals surface area contributed by atoms with Gasteiger partial charge in [0.15, 0.2) is 0 Å². The van der Waals surface area contributed by atoms with E-state index >= 15 is 0 Å². The molecule has 7 nitrogen and oxygen atoms in total. The van der Waals surface area contributed by atoms with Crippen molar-refractivity contribution < 1.29 is 56.0 Å². The fourth-order valence-electron chi connectivity index (χ4n) is 3.70. The molecule has 1 aromatic rings. The van der Waals surface area contributed by atoms with Crippen LogP contribution in [-0.4, -0.2) is 53.7 Å². The van der Waals surface area contributed by atoms with Crippen molar-refractivity contribution in [2.45, 2.75) is 64.3 Å². The van der Waals surface area contributed by atoms with Gasteiger partial charge in [-0.2, -0.15) is 8.78 Å². The van der Waals surface area contributed by atoms with Crippen LogP contribution in [-0.2, 0) is 19.1 Å². The van der Waals surface area contributed by atoms with Gasteiger partial charge in [0.1, 0.15) is 0 Å². The van der Waals surface area contributed by atoms with Crippen LogP contribution in [0.1, 0.15) is 46.0 Å². The molecule has 192 valence electrons. The number of benzene rings is 1. The second-order valence-electron chi connectivity index (χ2n) is 8.23. The zero-order valence-corrected chi connectivity index (χ0v) is 18.7. The lowest BCUT2D eigenvalue weighted by Gasteiger charge is -2.41. The van der Waals surface area contributed by atoms with E-state index in [4.69, 9.17) is 9.47 Å². The van der Waals surface area contributed by atoms with Crippen LogP contribution in [0.3, 0.4) is 0 Å². The molecule has 0 aliphatic heterocycles. The summed E-state index contributed by atoms with van der Waals surface area (Å²) in [7, 11) is 0. The maximum Gasteiger partial charge on any atom is 0.311 e. The molecule has 5 atom stereocenters. The highest BCUT2D eigenvalue weighted by Crippen LogP contribution is 2.32. The Balaban J connectivity index is 1.75. The Bertz CT molecular complexity index is 853. The van der Waals surface area contributed by atoms with E-state index in [0.29, 0.717) is 19.3 Å². The van der Waals surface area contributed by atoms with Crippen molar-refractivity contribution in [2.75, 3.05) is 13.2 Å². The predicted molar refractivity (Wildman–Crippen MR) is 106 cm³/mol. The highest BCUT2D eigenvalue weighted by atomic mass is 19.2. The van der Waals surface area contributed by atoms with E-state index in [9.17, 15) is 41.8 Å². The molecular weight excluding hydrogens is 471 g/mol. The normalized spacial score (nSPS) is 24.7. The average Bonchev–Trinajstić information content (AvgIpc) is 2.80. The standard InChI is InChI=1S/C22H27F5O7/c1-10-13(8-12(9-33-11(2)28)21(31)20(10)30)32-7-5-3-4-6-14(29)34-22-18(26)16(24)15(23)17(25)19(22)27/h10,12-13,20-21,30-31H,3-9H2,1-2H3. The summed E-state index contributed by atoms with van der Waals surface area (Å²) in [6.45, 7) is 3.15. The van der Waals surface area contributed by atoms with Gasteiger partial charge in [-0.15, -0.1) is 0 Å². The molecule has 1 aromatic carbocycles. The van der Waals surface area contributed by atoms with E-state index < -0.39 is 71.0 Å². The van der Waals surface area contributed by atoms with Gasteiger partial charge in [0.2, 0.25) is 34.8 Å². The van der Waals surface area contributed by atoms with Gasteiger partial charge in [-0.1, -0.05) is 13.3 Å². The first kappa shape index (κ1) is 27.9. The Hall–Kier alpha value is -2.31. The lowest BCUT2D eigenvalue weighted by molar-refractivity contribution is -0.160. The molecule has 2 rings (SSSR count). The molecule has 1 aliphatic carbocycles. The summed E-state index contributed by atoms with van der Waals surface area (Å²) in [6.07, 6.45) is -1.39. The van der Waals surface area contributed by atoms with Crippen LogP contribution in [0.15, 0.2) is 0 Å². The van der Waals surface area contributed by atoms with E-state index in [-0.39, 0.29) is 32.0 Å². The lowest BCUT2D eigenvalue weighted by atomic mass is 9.76. The number of esters is 2. The Morgan fingerprint density at radius 2 is 1.50 bits per heavy atom. The fraction of sp³-hybridized carbons (Fsp3) is 0.636. The number of carbonyl (C=O) groups excluding carboxylic acids is 2. The van der Waals surface area contributed by atoms with Crippen molar-refractivity contribution in [3.63, 3.8) is 0 Å². The number of ether oxygens (including phenoxy) is 3. The lowest BCUT2D eigenvalue weighted by Crippen LogP contribution is -2.51. The first-order valence-electron chi connectivity index (χ1n) is 10.8. The van der Waals surface area contributed by atoms with Crippen LogP contribution in [0.25, 0.3) is 0 Å². The van der Waals surface area contributed by atoms with Gasteiger partial charge in [0, 0.05) is 31.8 Å². The number of unbranched alkanes of at least 4 members (excludes halogenated alkanes) is 2. The van der Waals surface area contributed by atoms with Gasteiger partial charge in [-0.25, -0.2) is 13.2 Å². The van der Waals surface area contributed by atoms with Crippen molar-refractivity contribution in [3.05, 3.63) is 29.1 Å². The summed E-state index contributed by atoms with van der Waals surface area (Å²) < 4.78 is 81.5. The minimum Gasteiger partial charge on any atom is -0.465 e. The second kappa shape index (κ2) is 12.4. The zero-order valence-electron chi connectivity index (χ0n) is 18.7. The molecule has 0 radical (unpaired) electrons. The van der Waals surface area contributed by atoms with Crippen LogP contribution in [0.4, 0.5) is 22.0 Å². The van der Waals surface area contributed by atoms with Crippen molar-refractivity contribution in [1.29, 1.82) is 0 Å². The molecule has 1 saturated carbocycles. The first-order chi connectivity index (χ1) is 16.0. The minimum atomic E-state index is -2.35. The summed E-state index contributed by atoms with van der Waals surface area (Å²) in [4.78, 5) is 22.8. The molecule has 2 N–H and O–H groups in total. The average molecular weight is 498 g/mol. The van der Waals surface area contributed by atoms with Crippen LogP contribution >= 0.6 is 0 Å². The van der Waals surface area contributed by atoms with Crippen molar-refractivity contribution in [2.24, 2.45) is 11.8 Å². The van der Waals surface area contributed by atoms with Crippen molar-refractivity contribution in [3.8, 4) is 5.75 Å². The Kier molecular flexibility index (Phi) is 10.2. The minimum absolute atomic E-state index is 0.0503. The van der Waals surface area contributed by atoms with Crippen LogP contribution < -0.4 is 4.74 Å². The molecule has 12 heteroatoms. The second-order valence-corrected chi connectivity index (χ2v) is 8.23. The molecule has 0 heterocycles. The summed E-state index contributed by atoms with van der Waals surface area (Å²) in [5.74, 6) is -15.4. The largest absolute Gasteiger partial charge is 0.465 e. The zero-order chi connectivity index (χ0) is 25.6. The Morgan fingerprint density at radius 1 is 0.912 bits per heavy atom. The number of aliphatic hydroxyl groups is 2. The number of hydrogen-bond acceptors (Lipinski definition) is 7. The summed E-state index contributed by atoms with van der Waals surface area (Å²) in [6, 6.07) is 0. The van der Waals surface area contributed by atoms with Crippen molar-refractivity contribution in [1.82, 2.24) is 0 Å². The predicted octanol–water partition coefficient (Wildman–Crippen LogP) is 3.17. The van der Waals surface area contributed by atoms with E-state index in [0.717, 1.165) is 0 Å². The number of carbonyl (C=O) groups is 2. The van der Waals surface area contributed by atoms with E-state index in [2.05, 4.69) is 4.74 Å². The molecule has 1 aliphatic rings. The summed E-state index contributed by atoms with van der Waals surface area (Å²) in [5, 5.41) is 20.4. The third-order valence-electron chi connectivity index (χ3n) is 5.74. The molecular formula is C22H27F5O7. The molecule has 5 unspecified atom stereocenters. The first-order valence-corrected chi connectivity index (χ1v) is 10.8. The topological polar surface area (TPSA) is 102 Å². The van der Waals surface area contributed by atoms with E-state index in [1.807, 2.05) is 0 Å². The Morgan fingerprint density at radius 3 is 2.09 bits per heavy atom. The SMILES string of the molecule is CC(=O)OCC1CC(OCCCCCC(=O)Oc2c(F)c(F)c(F)c(F)c2F)C(C)C(O)C1O. The maximum atomic E-state index is 13.6. The van der Waals surface area contributed by atoms with Crippen molar-refractivity contribution >= 4 is 11.9 Å². The van der Waals surface area contributed by atoms with Gasteiger partial charge >= 0.3 is 11.9 Å². The van der Waals surface area contributed by atoms with Crippen LogP contribution in [0.2, 0.25) is 0 Å². The molecule has 1 fully saturated rings. The van der Waals surface area contributed by atoms with Gasteiger partial charge in [-0.05, 0) is 19.3 Å². The molecule has 0 saturated heterocycles. The molecule has 0 amide bonds. The third kappa shape index (κ3) is 6.86. The highest BCUT2D eigenvalue weighted by molar-refractivity contribution is 5.72. The molecule has 0 spiro atoms. The van der Waals surface area contributed by atoms with Crippen LogP contribution in [0, 0.1) is 40.9 Å². The number of rotatable bonds is 10. The van der Waals surface area contributed by atoms with E-state index in [1.165, 1.54) is 6.92 Å². The number of hydrogen-bond donors (Lipinski definition) is 2. The van der Waals surface area contributed by atoms with E-state index in [1.54, 1.807) is 6.92 Å². The molecule has 34 heavy (non-hydrogen) atoms. The third-order valence-corrected chi connectivity index (χ3v) is 5.74. The summed E-state index contributed by atoms with van der Waals surface area (Å²) >= 11 is 0. The molecule has 0 bridgehead atoms. The van der Waals surface area contributed by atoms with Gasteiger partial charge in [0.05, 0.1) is 24.9 Å². The Labute approximate surface area is 192 Å². The highest BCUT2D eigenvalue weighted by Gasteiger charge is 2.42. The fourth-order valence-corrected chi connectivity index (χ4v) is 3.70. The van der Waals surface area contributed by atoms with Gasteiger partial charge in [0.25, 0.3) is 0 Å². The maximum absolute atomic E-state index is 13.6. The quantitative estimate of drug-likeness (QED) is 0.128.